The normalized spacial score (nSPS) is 11.7. The van der Waals surface area contributed by atoms with Gasteiger partial charge in [-0.3, -0.25) is 9.59 Å². The number of rotatable bonds is 10. The third-order valence-corrected chi connectivity index (χ3v) is 12.1. The maximum atomic E-state index is 15.3. The first-order valence-electron chi connectivity index (χ1n) is 14.6. The highest BCUT2D eigenvalue weighted by atomic mass is 35.5. The Kier molecular flexibility index (Phi) is 10.1. The second kappa shape index (κ2) is 14.4. The van der Waals surface area contributed by atoms with Crippen molar-refractivity contribution in [3.63, 3.8) is 0 Å². The van der Waals surface area contributed by atoms with Crippen molar-refractivity contribution in [3.8, 4) is 0 Å². The molecule has 1 N–H and O–H groups in total. The molecule has 5 rings (SSSR count). The number of Topliss-reactive ketones (excluding diaryl/α,β-unsaturated/α-hetero) is 1. The van der Waals surface area contributed by atoms with Crippen LogP contribution < -0.4 is 21.2 Å². The number of amides is 1. The Morgan fingerprint density at radius 2 is 1.16 bits per heavy atom. The van der Waals surface area contributed by atoms with E-state index in [1.807, 2.05) is 110 Å². The standard InChI is InChI=1S/C38H33ClNO4P/c1-3-44-38(43)36(35(41)34(28-21-19-27(2)20-22-28)40-37(42)29-23-25-30(39)26-24-29)45(31-13-7-4-8-14-31,32-15-9-5-10-16-32)33-17-11-6-12-18-33/h4-26,34H,3H2,1-2H3,(H,40,42). The van der Waals surface area contributed by atoms with E-state index in [9.17, 15) is 9.59 Å². The molecule has 7 heteroatoms. The van der Waals surface area contributed by atoms with Gasteiger partial charge in [-0.15, -0.1) is 0 Å². The van der Waals surface area contributed by atoms with Gasteiger partial charge in [-0.05, 0) is 66.5 Å². The van der Waals surface area contributed by atoms with Gasteiger partial charge in [-0.1, -0.05) is 132 Å². The molecule has 0 saturated carbocycles. The zero-order valence-corrected chi connectivity index (χ0v) is 26.7. The summed E-state index contributed by atoms with van der Waals surface area (Å²) >= 11 is 6.08. The summed E-state index contributed by atoms with van der Waals surface area (Å²) < 4.78 is 5.71. The van der Waals surface area contributed by atoms with E-state index in [-0.39, 0.29) is 11.9 Å². The molecule has 0 bridgehead atoms. The van der Waals surface area contributed by atoms with Gasteiger partial charge in [0.05, 0.1) is 6.61 Å². The van der Waals surface area contributed by atoms with E-state index in [1.54, 1.807) is 43.3 Å². The van der Waals surface area contributed by atoms with Crippen LogP contribution in [0.15, 0.2) is 140 Å². The van der Waals surface area contributed by atoms with Crippen molar-refractivity contribution in [2.75, 3.05) is 6.61 Å². The lowest BCUT2D eigenvalue weighted by Crippen LogP contribution is -2.44. The Hall–Kier alpha value is -4.70. The number of esters is 1. The van der Waals surface area contributed by atoms with Crippen LogP contribution in [0.2, 0.25) is 5.02 Å². The monoisotopic (exact) mass is 633 g/mol. The van der Waals surface area contributed by atoms with Crippen LogP contribution in [-0.2, 0) is 14.3 Å². The summed E-state index contributed by atoms with van der Waals surface area (Å²) in [7, 11) is 0. The van der Waals surface area contributed by atoms with Gasteiger partial charge in [0.25, 0.3) is 5.91 Å². The highest BCUT2D eigenvalue weighted by Crippen LogP contribution is 2.47. The lowest BCUT2D eigenvalue weighted by Gasteiger charge is -2.32. The highest BCUT2D eigenvalue weighted by Gasteiger charge is 2.41. The van der Waals surface area contributed by atoms with Crippen LogP contribution in [0.25, 0.3) is 0 Å². The molecule has 0 radical (unpaired) electrons. The summed E-state index contributed by atoms with van der Waals surface area (Å²) in [6.45, 7) is 0.542. The molecular formula is C38H33ClNO4P. The average Bonchev–Trinajstić information content (AvgIpc) is 3.08. The maximum absolute atomic E-state index is 15.3. The van der Waals surface area contributed by atoms with Crippen LogP contribution in [0, 0.1) is 6.92 Å². The van der Waals surface area contributed by atoms with Crippen molar-refractivity contribution in [1.29, 1.82) is 0 Å². The molecule has 1 atom stereocenters. The lowest BCUT2D eigenvalue weighted by atomic mass is 9.98. The van der Waals surface area contributed by atoms with Gasteiger partial charge in [0.2, 0.25) is 0 Å². The van der Waals surface area contributed by atoms with Gasteiger partial charge in [0, 0.05) is 10.6 Å². The Balaban J connectivity index is 1.87. The zero-order chi connectivity index (χ0) is 31.8. The SMILES string of the molecule is CCOC(=O)C(C(=O)C(NC(=O)c1ccc(Cl)cc1)c1ccc(C)cc1)=P(c1ccccc1)(c1ccccc1)c1ccccc1. The number of benzene rings is 5. The van der Waals surface area contributed by atoms with E-state index in [4.69, 9.17) is 16.3 Å². The fourth-order valence-corrected chi connectivity index (χ4v) is 9.85. The molecule has 0 aromatic heterocycles. The van der Waals surface area contributed by atoms with Crippen LogP contribution in [0.4, 0.5) is 0 Å². The van der Waals surface area contributed by atoms with Crippen LogP contribution in [0.1, 0.15) is 34.5 Å². The summed E-state index contributed by atoms with van der Waals surface area (Å²) in [6, 6.07) is 41.5. The van der Waals surface area contributed by atoms with Crippen molar-refractivity contribution in [2.24, 2.45) is 0 Å². The molecule has 0 aliphatic carbocycles. The summed E-state index contributed by atoms with van der Waals surface area (Å²) in [6.07, 6.45) is 0. The smallest absolute Gasteiger partial charge is 0.342 e. The summed E-state index contributed by atoms with van der Waals surface area (Å²) in [5.74, 6) is -1.73. The molecule has 5 aromatic carbocycles. The quantitative estimate of drug-likeness (QED) is 0.110. The number of carbonyl (C=O) groups excluding carboxylic acids is 3. The minimum atomic E-state index is -3.19. The Morgan fingerprint density at radius 3 is 1.60 bits per heavy atom. The number of nitrogens with one attached hydrogen (secondary N) is 1. The largest absolute Gasteiger partial charge is 0.462 e. The Labute approximate surface area is 268 Å². The molecule has 0 fully saturated rings. The van der Waals surface area contributed by atoms with Crippen LogP contribution in [-0.4, -0.2) is 29.6 Å². The van der Waals surface area contributed by atoms with Gasteiger partial charge >= 0.3 is 5.97 Å². The third kappa shape index (κ3) is 6.71. The molecule has 0 aliphatic heterocycles. The molecule has 0 aliphatic rings. The minimum absolute atomic E-state index is 0.00469. The minimum Gasteiger partial charge on any atom is -0.462 e. The maximum Gasteiger partial charge on any atom is 0.342 e. The summed E-state index contributed by atoms with van der Waals surface area (Å²) in [4.78, 5) is 43.3. The van der Waals surface area contributed by atoms with Crippen LogP contribution in [0.3, 0.4) is 0 Å². The van der Waals surface area contributed by atoms with Crippen LogP contribution >= 0.6 is 18.5 Å². The first-order chi connectivity index (χ1) is 21.9. The number of carbonyl (C=O) groups is 3. The lowest BCUT2D eigenvalue weighted by molar-refractivity contribution is -0.135. The van der Waals surface area contributed by atoms with E-state index < -0.39 is 30.6 Å². The molecular weight excluding hydrogens is 601 g/mol. The second-order valence-electron chi connectivity index (χ2n) is 10.4. The zero-order valence-electron chi connectivity index (χ0n) is 25.0. The van der Waals surface area contributed by atoms with Crippen molar-refractivity contribution in [1.82, 2.24) is 5.32 Å². The molecule has 0 saturated heterocycles. The molecule has 226 valence electrons. The van der Waals surface area contributed by atoms with Gasteiger partial charge < -0.3 is 10.1 Å². The first kappa shape index (κ1) is 31.7. The van der Waals surface area contributed by atoms with E-state index in [1.165, 1.54) is 0 Å². The highest BCUT2D eigenvalue weighted by molar-refractivity contribution is 7.97. The number of aryl methyl sites for hydroxylation is 1. The fraction of sp³-hybridized carbons (Fsp3) is 0.105. The third-order valence-electron chi connectivity index (χ3n) is 7.52. The van der Waals surface area contributed by atoms with E-state index in [2.05, 4.69) is 5.32 Å². The number of halogens is 1. The van der Waals surface area contributed by atoms with Gasteiger partial charge in [0.1, 0.15) is 11.3 Å². The second-order valence-corrected chi connectivity index (χ2v) is 14.2. The molecule has 0 spiro atoms. The van der Waals surface area contributed by atoms with Crippen LogP contribution in [0.5, 0.6) is 0 Å². The van der Waals surface area contributed by atoms with Gasteiger partial charge in [0.15, 0.2) is 5.78 Å². The molecule has 5 nitrogen and oxygen atoms in total. The Morgan fingerprint density at radius 1 is 0.689 bits per heavy atom. The first-order valence-corrected chi connectivity index (χ1v) is 16.8. The Bertz CT molecular complexity index is 1740. The van der Waals surface area contributed by atoms with E-state index >= 15 is 4.79 Å². The topological polar surface area (TPSA) is 72.5 Å². The van der Waals surface area contributed by atoms with Gasteiger partial charge in [-0.25, -0.2) is 4.79 Å². The van der Waals surface area contributed by atoms with E-state index in [0.29, 0.717) is 16.1 Å². The molecule has 5 aromatic rings. The van der Waals surface area contributed by atoms with Crippen molar-refractivity contribution >= 4 is 57.4 Å². The van der Waals surface area contributed by atoms with Crippen molar-refractivity contribution in [2.45, 2.75) is 19.9 Å². The average molecular weight is 634 g/mol. The molecule has 1 amide bonds. The number of hydrogen-bond acceptors (Lipinski definition) is 4. The molecule has 0 heterocycles. The van der Waals surface area contributed by atoms with E-state index in [0.717, 1.165) is 21.5 Å². The molecule has 45 heavy (non-hydrogen) atoms. The molecule has 1 unspecified atom stereocenters. The number of hydrogen-bond donors (Lipinski definition) is 1. The van der Waals surface area contributed by atoms with Gasteiger partial charge in [-0.2, -0.15) is 0 Å². The number of ketones is 1. The fourth-order valence-electron chi connectivity index (χ4n) is 5.40. The summed E-state index contributed by atoms with van der Waals surface area (Å²) in [5.41, 5.74) is 1.86. The number of ether oxygens (including phenoxy) is 1. The van der Waals surface area contributed by atoms with Crippen molar-refractivity contribution < 1.29 is 19.1 Å². The predicted molar refractivity (Wildman–Crippen MR) is 185 cm³/mol. The van der Waals surface area contributed by atoms with Crippen molar-refractivity contribution in [3.05, 3.63) is 161 Å². The summed E-state index contributed by atoms with van der Waals surface area (Å²) in [5, 5.41) is 5.86. The predicted octanol–water partition coefficient (Wildman–Crippen LogP) is 6.42.